The van der Waals surface area contributed by atoms with E-state index in [0.29, 0.717) is 100 Å². The van der Waals surface area contributed by atoms with Crippen LogP contribution in [-0.2, 0) is 19.5 Å². The van der Waals surface area contributed by atoms with Crippen LogP contribution in [0.15, 0.2) is 154 Å². The molecule has 9 aromatic rings. The molecule has 101 heavy (non-hydrogen) atoms. The number of alkyl halides is 6. The molecule has 17 nitrogen and oxygen atoms in total. The zero-order valence-electron chi connectivity index (χ0n) is 57.1. The van der Waals surface area contributed by atoms with E-state index < -0.39 is 45.5 Å². The summed E-state index contributed by atoms with van der Waals surface area (Å²) in [7, 11) is 0. The first-order valence-corrected chi connectivity index (χ1v) is 36.0. The van der Waals surface area contributed by atoms with Crippen LogP contribution in [0.2, 0.25) is 0 Å². The summed E-state index contributed by atoms with van der Waals surface area (Å²) in [6.45, 7) is 19.2. The predicted molar refractivity (Wildman–Crippen MR) is 399 cm³/mol. The van der Waals surface area contributed by atoms with Crippen LogP contribution in [0, 0.1) is 5.82 Å². The first kappa shape index (κ1) is 80.4. The number of halogens is 7. The number of carbonyl (C=O) groups is 6. The van der Waals surface area contributed by atoms with Crippen LogP contribution in [0.1, 0.15) is 162 Å². The number of aromatic carboxylic acids is 2. The maximum Gasteiger partial charge on any atom is 0.200 e. The van der Waals surface area contributed by atoms with Crippen molar-refractivity contribution in [3.8, 4) is 0 Å². The van der Waals surface area contributed by atoms with Gasteiger partial charge in [-0.2, -0.15) is 0 Å². The first-order valence-electron chi connectivity index (χ1n) is 32.8. The fraction of sp³-hybridized carbons (Fsp3) is 0.338. The van der Waals surface area contributed by atoms with Gasteiger partial charge in [-0.05, 0) is 108 Å². The number of carboxylic acids is 2. The molecule has 0 spiro atoms. The van der Waals surface area contributed by atoms with E-state index in [0.717, 1.165) is 61.9 Å². The Morgan fingerprint density at radius 1 is 0.386 bits per heavy atom. The van der Waals surface area contributed by atoms with E-state index in [1.54, 1.807) is 91.3 Å². The lowest BCUT2D eigenvalue weighted by Gasteiger charge is -2.20. The first-order chi connectivity index (χ1) is 48.2. The largest absolute Gasteiger partial charge is 0.545 e. The van der Waals surface area contributed by atoms with E-state index in [1.165, 1.54) is 36.0 Å². The average Bonchev–Trinajstić information content (AvgIpc) is 0.773. The number of pyridine rings is 3. The zero-order valence-corrected chi connectivity index (χ0v) is 61.7. The predicted octanol–water partition coefficient (Wildman–Crippen LogP) is 12.4. The topological polar surface area (TPSA) is 224 Å². The molecule has 6 aromatic carbocycles. The van der Waals surface area contributed by atoms with E-state index in [9.17, 15) is 57.8 Å². The summed E-state index contributed by atoms with van der Waals surface area (Å²) in [5, 5.41) is 23.3. The Kier molecular flexibility index (Phi) is 30.2. The van der Waals surface area contributed by atoms with Crippen LogP contribution < -0.4 is 26.5 Å². The number of benzene rings is 6. The van der Waals surface area contributed by atoms with Crippen molar-refractivity contribution in [3.05, 3.63) is 243 Å². The summed E-state index contributed by atoms with van der Waals surface area (Å²) in [4.78, 5) is 119. The molecular formula is C77H79Cl6FN6O11-2. The van der Waals surface area contributed by atoms with E-state index in [1.807, 2.05) is 68.7 Å². The molecule has 0 aliphatic rings. The Morgan fingerprint density at radius 2 is 0.703 bits per heavy atom. The molecule has 9 rings (SSSR count). The van der Waals surface area contributed by atoms with E-state index >= 15 is 0 Å². The summed E-state index contributed by atoms with van der Waals surface area (Å²) < 4.78 is 20.0. The van der Waals surface area contributed by atoms with Gasteiger partial charge in [0, 0.05) is 175 Å². The van der Waals surface area contributed by atoms with Crippen LogP contribution >= 0.6 is 69.6 Å². The molecule has 0 saturated carbocycles. The summed E-state index contributed by atoms with van der Waals surface area (Å²) in [5.41, 5.74) is 4.05. The minimum Gasteiger partial charge on any atom is -0.545 e. The molecule has 0 atom stereocenters. The second-order valence-corrected chi connectivity index (χ2v) is 27.2. The van der Waals surface area contributed by atoms with Crippen LogP contribution in [0.25, 0.3) is 32.7 Å². The van der Waals surface area contributed by atoms with Crippen LogP contribution in [0.3, 0.4) is 0 Å². The lowest BCUT2D eigenvalue weighted by molar-refractivity contribution is -0.256. The van der Waals surface area contributed by atoms with Crippen molar-refractivity contribution in [2.24, 2.45) is 0 Å². The Balaban J connectivity index is 0.000000213. The maximum atomic E-state index is 15.0. The molecule has 0 fully saturated rings. The minimum absolute atomic E-state index is 0.0167. The van der Waals surface area contributed by atoms with Gasteiger partial charge in [0.1, 0.15) is 5.82 Å². The highest BCUT2D eigenvalue weighted by Crippen LogP contribution is 2.27. The molecule has 3 heterocycles. The lowest BCUT2D eigenvalue weighted by Crippen LogP contribution is -2.30. The quantitative estimate of drug-likeness (QED) is 0.0291. The molecule has 0 aliphatic heterocycles. The number of aromatic nitrogens is 3. The Hall–Kier alpha value is -7.88. The van der Waals surface area contributed by atoms with E-state index in [4.69, 9.17) is 69.6 Å². The zero-order chi connectivity index (χ0) is 73.9. The molecule has 24 heteroatoms. The molecular weight excluding hydrogens is 1420 g/mol. The van der Waals surface area contributed by atoms with Crippen molar-refractivity contribution >= 4 is 137 Å². The minimum atomic E-state index is -1.64. The molecule has 3 aromatic heterocycles. The van der Waals surface area contributed by atoms with Gasteiger partial charge < -0.3 is 38.4 Å². The van der Waals surface area contributed by atoms with Crippen molar-refractivity contribution in [1.82, 2.24) is 28.4 Å². The Morgan fingerprint density at radius 3 is 1.06 bits per heavy atom. The Bertz CT molecular complexity index is 4640. The fourth-order valence-electron chi connectivity index (χ4n) is 11.6. The third-order valence-electron chi connectivity index (χ3n) is 17.0. The van der Waals surface area contributed by atoms with Gasteiger partial charge in [-0.15, -0.1) is 69.6 Å². The lowest BCUT2D eigenvalue weighted by atomic mass is 9.99. The number of carboxylic acid groups (broad SMARTS) is 2. The number of hydrogen-bond acceptors (Lipinski definition) is 14. The standard InChI is InChI=1S/C27H30Cl2N2O3.C25H25Cl2FN2O4.C25H26Cl2N2O4/c1-18(2)31-17-24(19(3)32)27(34)23-9-8-22(16-25(23)31)26(33)21-6-4-20(5-7-21)10-13-30(14-11-28)15-12-29;1-15(2)30-14-20(25(33)34)24(32)19-11-21(28)18(12-22(19)30)23(31)17-5-3-16(4-6-17)13-29(9-7-26)10-8-27;1-16(2)29-15-21(25(32)33)24(31)20-8-7-19(13-22(20)29)23(30)18-5-3-17(4-6-18)14-28(11-9-26)12-10-27/h4-9,16-18H,10-15H2,1-3H3;3-6,11-12,14-15H,7-10,13H2,1-2H3,(H,33,34);3-8,13,15-16H,9-12,14H2,1-2H3,(H,32,33)/p-2. The van der Waals surface area contributed by atoms with Gasteiger partial charge in [-0.1, -0.05) is 84.9 Å². The van der Waals surface area contributed by atoms with Gasteiger partial charge in [-0.25, -0.2) is 4.39 Å². The molecule has 0 radical (unpaired) electrons. The normalized spacial score (nSPS) is 11.5. The number of carbonyl (C=O) groups excluding carboxylic acids is 6. The number of ketones is 4. The van der Waals surface area contributed by atoms with Gasteiger partial charge >= 0.3 is 0 Å². The maximum absolute atomic E-state index is 15.0. The molecule has 0 unspecified atom stereocenters. The summed E-state index contributed by atoms with van der Waals surface area (Å²) in [6, 6.07) is 33.4. The molecule has 0 bridgehead atoms. The van der Waals surface area contributed by atoms with Gasteiger partial charge in [-0.3, -0.25) is 43.4 Å². The third kappa shape index (κ3) is 20.5. The van der Waals surface area contributed by atoms with Gasteiger partial charge in [0.15, 0.2) is 39.4 Å². The fourth-order valence-corrected chi connectivity index (χ4v) is 13.0. The summed E-state index contributed by atoms with van der Waals surface area (Å²) in [5.74, 6) is -2.07. The average molecular weight is 1500 g/mol. The van der Waals surface area contributed by atoms with E-state index in [-0.39, 0.29) is 73.9 Å². The van der Waals surface area contributed by atoms with Crippen LogP contribution in [-0.4, -0.2) is 145 Å². The molecule has 0 saturated heterocycles. The second kappa shape index (κ2) is 37.9. The number of hydrogen-bond donors (Lipinski definition) is 0. The molecule has 0 N–H and O–H groups in total. The molecule has 0 amide bonds. The third-order valence-corrected chi connectivity index (χ3v) is 18.0. The number of nitrogens with zero attached hydrogens (tertiary/aromatic N) is 6. The summed E-state index contributed by atoms with van der Waals surface area (Å²) in [6.07, 6.45) is 4.88. The van der Waals surface area contributed by atoms with Crippen molar-refractivity contribution < 1.29 is 43.4 Å². The highest BCUT2D eigenvalue weighted by Gasteiger charge is 2.23. The number of fused-ring (bicyclic) bond motifs is 3. The summed E-state index contributed by atoms with van der Waals surface area (Å²) >= 11 is 35.1. The smallest absolute Gasteiger partial charge is 0.200 e. The van der Waals surface area contributed by atoms with Crippen molar-refractivity contribution in [2.45, 2.75) is 86.1 Å². The highest BCUT2D eigenvalue weighted by atomic mass is 35.5. The van der Waals surface area contributed by atoms with E-state index in [2.05, 4.69) is 14.7 Å². The monoisotopic (exact) mass is 1490 g/mol. The van der Waals surface area contributed by atoms with Gasteiger partial charge in [0.2, 0.25) is 0 Å². The van der Waals surface area contributed by atoms with Crippen molar-refractivity contribution in [1.29, 1.82) is 0 Å². The Labute approximate surface area is 615 Å². The molecule has 534 valence electrons. The van der Waals surface area contributed by atoms with Crippen LogP contribution in [0.4, 0.5) is 4.39 Å². The molecule has 0 aliphatic carbocycles. The van der Waals surface area contributed by atoms with Gasteiger partial charge in [0.25, 0.3) is 0 Å². The SMILES string of the molecule is CC(=O)c1cn(C(C)C)c2cc(C(=O)c3ccc(CCN(CCCl)CCCl)cc3)ccc2c1=O.CC(C)n1cc(C(=O)[O-])c(=O)c2cc(F)c(C(=O)c3ccc(CN(CCCl)CCCl)cc3)cc21.CC(C)n1cc(C(=O)[O-])c(=O)c2ccc(C(=O)c3ccc(CN(CCCl)CCCl)cc3)cc21. The highest BCUT2D eigenvalue weighted by molar-refractivity contribution is 6.19. The second-order valence-electron chi connectivity index (χ2n) is 24.9. The van der Waals surface area contributed by atoms with Crippen molar-refractivity contribution in [2.75, 3.05) is 81.1 Å². The van der Waals surface area contributed by atoms with Crippen molar-refractivity contribution in [3.63, 3.8) is 0 Å². The number of rotatable bonds is 31. The van der Waals surface area contributed by atoms with Crippen LogP contribution in [0.5, 0.6) is 0 Å². The number of Topliss-reactive ketones (excluding diaryl/α,β-unsaturated/α-hetero) is 1. The van der Waals surface area contributed by atoms with Gasteiger partial charge in [0.05, 0.1) is 50.7 Å².